The van der Waals surface area contributed by atoms with E-state index in [2.05, 4.69) is 42.5 Å². The minimum Gasteiger partial charge on any atom is -0.477 e. The van der Waals surface area contributed by atoms with Crippen LogP contribution in [0.4, 0.5) is 36.0 Å². The van der Waals surface area contributed by atoms with Crippen LogP contribution in [0.1, 0.15) is 26.2 Å². The van der Waals surface area contributed by atoms with Crippen LogP contribution in [0.2, 0.25) is 0 Å². The molecule has 3 atom stereocenters. The molecule has 2 aromatic rings. The molecular formula is C26H35F2N9O4. The number of nitrogens with zero attached hydrogens (tertiary/aromatic N) is 7. The maximum absolute atomic E-state index is 15.0. The summed E-state index contributed by atoms with van der Waals surface area (Å²) >= 11 is 0. The molecule has 2 saturated heterocycles. The van der Waals surface area contributed by atoms with Crippen molar-refractivity contribution in [2.24, 2.45) is 11.8 Å². The molecule has 2 N–H and O–H groups in total. The standard InChI is InChI=1S/C26H35F2N9O4/c1-4-40-21-12-30-20(11-31-21)33-24(38)36(3)18-15-37(10-8-26(18,27)28)23-29-9-7-19(32-23)34-25(39)41-22-16-5-6-17(22)14-35(2)13-16/h7,9,11-12,16-18,22H,4-6,8,10,13-15H2,1-3H3,(H,30,33,38)(H,29,32,34,39). The SMILES string of the molecule is CCOc1cnc(NC(=O)N(C)C2CN(c3nccc(NC(=O)OC4C5CCC4CN(C)C5)n3)CCC2(F)F)cn1. The summed E-state index contributed by atoms with van der Waals surface area (Å²) in [5.41, 5.74) is 0. The molecule has 2 aromatic heterocycles. The van der Waals surface area contributed by atoms with E-state index < -0.39 is 30.5 Å². The normalized spacial score (nSPS) is 25.3. The fourth-order valence-corrected chi connectivity index (χ4v) is 5.84. The van der Waals surface area contributed by atoms with Crippen LogP contribution in [0.5, 0.6) is 5.88 Å². The Morgan fingerprint density at radius 3 is 2.54 bits per heavy atom. The van der Waals surface area contributed by atoms with E-state index in [4.69, 9.17) is 9.47 Å². The first-order valence-corrected chi connectivity index (χ1v) is 13.7. The van der Waals surface area contributed by atoms with Crippen LogP contribution in [0.15, 0.2) is 24.7 Å². The number of likely N-dealkylation sites (tertiary alicyclic amines) is 1. The molecule has 1 aliphatic carbocycles. The number of likely N-dealkylation sites (N-methyl/N-ethyl adjacent to an activating group) is 1. The number of amides is 3. The molecule has 5 rings (SSSR count). The number of alkyl halides is 2. The molecular weight excluding hydrogens is 540 g/mol. The predicted octanol–water partition coefficient (Wildman–Crippen LogP) is 2.93. The first-order valence-electron chi connectivity index (χ1n) is 13.7. The average molecular weight is 576 g/mol. The van der Waals surface area contributed by atoms with E-state index in [0.29, 0.717) is 18.4 Å². The second-order valence-electron chi connectivity index (χ2n) is 10.7. The molecule has 13 nitrogen and oxygen atoms in total. The van der Waals surface area contributed by atoms with Crippen molar-refractivity contribution in [2.45, 2.75) is 44.3 Å². The quantitative estimate of drug-likeness (QED) is 0.507. The Labute approximate surface area is 236 Å². The highest BCUT2D eigenvalue weighted by Crippen LogP contribution is 2.38. The van der Waals surface area contributed by atoms with E-state index in [-0.39, 0.29) is 42.7 Å². The van der Waals surface area contributed by atoms with E-state index >= 15 is 8.78 Å². The maximum atomic E-state index is 15.0. The van der Waals surface area contributed by atoms with Gasteiger partial charge < -0.3 is 24.2 Å². The van der Waals surface area contributed by atoms with Gasteiger partial charge >= 0.3 is 12.1 Å². The number of rotatable bonds is 7. The van der Waals surface area contributed by atoms with Crippen molar-refractivity contribution in [3.05, 3.63) is 24.7 Å². The van der Waals surface area contributed by atoms with Gasteiger partial charge in [0.15, 0.2) is 5.82 Å². The van der Waals surface area contributed by atoms with Crippen LogP contribution < -0.4 is 20.3 Å². The Bertz CT molecular complexity index is 1220. The molecule has 2 aliphatic heterocycles. The lowest BCUT2D eigenvalue weighted by Gasteiger charge is -2.42. The second kappa shape index (κ2) is 11.9. The zero-order valence-electron chi connectivity index (χ0n) is 23.3. The minimum atomic E-state index is -3.15. The second-order valence-corrected chi connectivity index (χ2v) is 10.7. The summed E-state index contributed by atoms with van der Waals surface area (Å²) in [5.74, 6) is -1.78. The Morgan fingerprint density at radius 1 is 1.10 bits per heavy atom. The summed E-state index contributed by atoms with van der Waals surface area (Å²) < 4.78 is 41.0. The van der Waals surface area contributed by atoms with Gasteiger partial charge in [-0.2, -0.15) is 4.98 Å². The molecule has 0 radical (unpaired) electrons. The highest BCUT2D eigenvalue weighted by molar-refractivity contribution is 5.88. The van der Waals surface area contributed by atoms with Crippen molar-refractivity contribution >= 4 is 29.7 Å². The summed E-state index contributed by atoms with van der Waals surface area (Å²) in [7, 11) is 3.37. The van der Waals surface area contributed by atoms with Gasteiger partial charge in [-0.1, -0.05) is 0 Å². The molecule has 0 spiro atoms. The van der Waals surface area contributed by atoms with Crippen molar-refractivity contribution in [1.29, 1.82) is 0 Å². The Balaban J connectivity index is 1.21. The molecule has 3 fully saturated rings. The van der Waals surface area contributed by atoms with Crippen LogP contribution >= 0.6 is 0 Å². The zero-order chi connectivity index (χ0) is 29.1. The third-order valence-electron chi connectivity index (χ3n) is 7.87. The first-order chi connectivity index (χ1) is 19.6. The predicted molar refractivity (Wildman–Crippen MR) is 145 cm³/mol. The van der Waals surface area contributed by atoms with E-state index in [9.17, 15) is 9.59 Å². The number of anilines is 3. The number of ether oxygens (including phenoxy) is 2. The Hall–Kier alpha value is -3.88. The molecule has 41 heavy (non-hydrogen) atoms. The highest BCUT2D eigenvalue weighted by atomic mass is 19.3. The summed E-state index contributed by atoms with van der Waals surface area (Å²) in [6, 6.07) is -0.726. The van der Waals surface area contributed by atoms with E-state index in [1.807, 2.05) is 0 Å². The van der Waals surface area contributed by atoms with Crippen LogP contribution in [0, 0.1) is 11.8 Å². The molecule has 2 bridgehead atoms. The number of halogens is 2. The lowest BCUT2D eigenvalue weighted by Crippen LogP contribution is -2.60. The number of aromatic nitrogens is 4. The molecule has 4 heterocycles. The van der Waals surface area contributed by atoms with E-state index in [0.717, 1.165) is 30.8 Å². The topological polar surface area (TPSA) is 138 Å². The van der Waals surface area contributed by atoms with E-state index in [1.165, 1.54) is 31.7 Å². The van der Waals surface area contributed by atoms with Crippen molar-refractivity contribution in [3.63, 3.8) is 0 Å². The number of piperidine rings is 2. The number of carbonyl (C=O) groups excluding carboxylic acids is 2. The van der Waals surface area contributed by atoms with Gasteiger partial charge in [-0.3, -0.25) is 10.6 Å². The van der Waals surface area contributed by atoms with Gasteiger partial charge in [0, 0.05) is 57.7 Å². The molecule has 3 aliphatic rings. The summed E-state index contributed by atoms with van der Waals surface area (Å²) in [6.45, 7) is 3.74. The third-order valence-corrected chi connectivity index (χ3v) is 7.87. The van der Waals surface area contributed by atoms with Crippen LogP contribution in [0.3, 0.4) is 0 Å². The van der Waals surface area contributed by atoms with Crippen molar-refractivity contribution < 1.29 is 27.8 Å². The lowest BCUT2D eigenvalue weighted by molar-refractivity contribution is -0.0760. The van der Waals surface area contributed by atoms with Gasteiger partial charge in [0.1, 0.15) is 18.0 Å². The fraction of sp³-hybridized carbons (Fsp3) is 0.615. The molecule has 3 amide bonds. The van der Waals surface area contributed by atoms with Gasteiger partial charge in [0.25, 0.3) is 5.92 Å². The molecule has 3 unspecified atom stereocenters. The number of carbonyl (C=O) groups is 2. The van der Waals surface area contributed by atoms with Crippen molar-refractivity contribution in [2.75, 3.05) is 62.4 Å². The van der Waals surface area contributed by atoms with Gasteiger partial charge in [-0.25, -0.2) is 33.3 Å². The average Bonchev–Trinajstić information content (AvgIpc) is 3.16. The highest BCUT2D eigenvalue weighted by Gasteiger charge is 2.48. The zero-order valence-corrected chi connectivity index (χ0v) is 23.3. The van der Waals surface area contributed by atoms with Crippen LogP contribution in [-0.4, -0.2) is 107 Å². The van der Waals surface area contributed by atoms with Gasteiger partial charge in [-0.15, -0.1) is 0 Å². The molecule has 222 valence electrons. The number of nitrogens with one attached hydrogen (secondary N) is 2. The van der Waals surface area contributed by atoms with Crippen LogP contribution in [0.25, 0.3) is 0 Å². The summed E-state index contributed by atoms with van der Waals surface area (Å²) in [4.78, 5) is 46.9. The van der Waals surface area contributed by atoms with E-state index in [1.54, 1.807) is 11.8 Å². The van der Waals surface area contributed by atoms with Gasteiger partial charge in [-0.05, 0) is 32.9 Å². The molecule has 15 heteroatoms. The largest absolute Gasteiger partial charge is 0.477 e. The molecule has 1 saturated carbocycles. The summed E-state index contributed by atoms with van der Waals surface area (Å²) in [6.07, 6.45) is 4.89. The number of hydrogen-bond acceptors (Lipinski definition) is 10. The van der Waals surface area contributed by atoms with Crippen LogP contribution in [-0.2, 0) is 4.74 Å². The minimum absolute atomic E-state index is 0.0316. The summed E-state index contributed by atoms with van der Waals surface area (Å²) in [5, 5.41) is 5.15. The van der Waals surface area contributed by atoms with Crippen molar-refractivity contribution in [3.8, 4) is 5.88 Å². The Kier molecular flexibility index (Phi) is 8.33. The maximum Gasteiger partial charge on any atom is 0.413 e. The number of urea groups is 1. The number of fused-ring (bicyclic) bond motifs is 2. The van der Waals surface area contributed by atoms with Gasteiger partial charge in [0.05, 0.1) is 19.0 Å². The first kappa shape index (κ1) is 28.6. The van der Waals surface area contributed by atoms with Crippen molar-refractivity contribution in [1.82, 2.24) is 29.7 Å². The molecule has 0 aromatic carbocycles. The fourth-order valence-electron chi connectivity index (χ4n) is 5.84. The van der Waals surface area contributed by atoms with Gasteiger partial charge in [0.2, 0.25) is 11.8 Å². The third kappa shape index (κ3) is 6.55. The monoisotopic (exact) mass is 575 g/mol. The lowest BCUT2D eigenvalue weighted by atomic mass is 9.95. The smallest absolute Gasteiger partial charge is 0.413 e. The number of hydrogen-bond donors (Lipinski definition) is 2. The Morgan fingerprint density at radius 2 is 1.85 bits per heavy atom.